The number of aliphatic hydroxyl groups is 1. The number of nitrogens with zero attached hydrogens (tertiary/aromatic N) is 2. The van der Waals surface area contributed by atoms with E-state index in [1.807, 2.05) is 0 Å². The second-order valence-electron chi connectivity index (χ2n) is 6.15. The first kappa shape index (κ1) is 19.1. The number of aliphatic hydroxyl groups excluding tert-OH is 1. The molecule has 1 amide bonds. The van der Waals surface area contributed by atoms with Crippen molar-refractivity contribution in [2.45, 2.75) is 12.3 Å². The average Bonchev–Trinajstić information content (AvgIpc) is 2.67. The third-order valence-electron chi connectivity index (χ3n) is 4.28. The van der Waals surface area contributed by atoms with Crippen molar-refractivity contribution in [1.29, 1.82) is 0 Å². The summed E-state index contributed by atoms with van der Waals surface area (Å²) in [6.07, 6.45) is -3.59. The molecule has 1 saturated heterocycles. The van der Waals surface area contributed by atoms with Crippen molar-refractivity contribution in [2.24, 2.45) is 0 Å². The van der Waals surface area contributed by atoms with Crippen LogP contribution in [0.25, 0.3) is 0 Å². The molecule has 0 spiro atoms. The van der Waals surface area contributed by atoms with Gasteiger partial charge < -0.3 is 20.6 Å². The van der Waals surface area contributed by atoms with Gasteiger partial charge in [0.05, 0.1) is 29.3 Å². The zero-order chi connectivity index (χ0) is 19.4. The van der Waals surface area contributed by atoms with Gasteiger partial charge in [-0.2, -0.15) is 13.2 Å². The number of hydrogen-bond donors (Lipinski definition) is 3. The standard InChI is InChI=1S/C18H19F3N4O2/c19-18(20,21)15-4-2-1-3-14(15)16(26)17(27)24-12-9-13(11-23-10-12)25-7-5-22-6-8-25/h1-4,9-11,16,22,26H,5-8H2,(H,24,27). The molecule has 1 aromatic carbocycles. The lowest BCUT2D eigenvalue weighted by atomic mass is 10.0. The molecule has 6 nitrogen and oxygen atoms in total. The summed E-state index contributed by atoms with van der Waals surface area (Å²) in [5.41, 5.74) is -0.437. The molecule has 1 aliphatic rings. The van der Waals surface area contributed by atoms with Gasteiger partial charge >= 0.3 is 6.18 Å². The fourth-order valence-electron chi connectivity index (χ4n) is 2.94. The quantitative estimate of drug-likeness (QED) is 0.758. The van der Waals surface area contributed by atoms with Crippen LogP contribution in [-0.2, 0) is 11.0 Å². The summed E-state index contributed by atoms with van der Waals surface area (Å²) in [5.74, 6) is -0.953. The van der Waals surface area contributed by atoms with Crippen LogP contribution in [0, 0.1) is 0 Å². The first-order chi connectivity index (χ1) is 12.9. The van der Waals surface area contributed by atoms with E-state index in [1.165, 1.54) is 18.3 Å². The van der Waals surface area contributed by atoms with Crippen LogP contribution < -0.4 is 15.5 Å². The summed E-state index contributed by atoms with van der Waals surface area (Å²) >= 11 is 0. The van der Waals surface area contributed by atoms with E-state index in [-0.39, 0.29) is 0 Å². The Hall–Kier alpha value is -2.65. The molecule has 144 valence electrons. The van der Waals surface area contributed by atoms with E-state index < -0.39 is 29.3 Å². The Labute approximate surface area is 154 Å². The number of pyridine rings is 1. The van der Waals surface area contributed by atoms with Gasteiger partial charge in [0.15, 0.2) is 6.10 Å². The topological polar surface area (TPSA) is 77.5 Å². The summed E-state index contributed by atoms with van der Waals surface area (Å²) in [7, 11) is 0. The number of aromatic nitrogens is 1. The summed E-state index contributed by atoms with van der Waals surface area (Å²) < 4.78 is 39.3. The molecule has 9 heteroatoms. The normalized spacial score (nSPS) is 16.1. The molecular formula is C18H19F3N4O2. The third kappa shape index (κ3) is 4.55. The number of rotatable bonds is 4. The van der Waals surface area contributed by atoms with Gasteiger partial charge in [-0.25, -0.2) is 0 Å². The second-order valence-corrected chi connectivity index (χ2v) is 6.15. The molecule has 0 bridgehead atoms. The van der Waals surface area contributed by atoms with Crippen LogP contribution >= 0.6 is 0 Å². The highest BCUT2D eigenvalue weighted by Crippen LogP contribution is 2.34. The van der Waals surface area contributed by atoms with E-state index in [0.29, 0.717) is 5.69 Å². The molecule has 3 N–H and O–H groups in total. The molecule has 0 saturated carbocycles. The highest BCUT2D eigenvalue weighted by Gasteiger charge is 2.36. The van der Waals surface area contributed by atoms with Crippen molar-refractivity contribution < 1.29 is 23.1 Å². The van der Waals surface area contributed by atoms with E-state index in [9.17, 15) is 23.1 Å². The fourth-order valence-corrected chi connectivity index (χ4v) is 2.94. The van der Waals surface area contributed by atoms with Gasteiger partial charge in [-0.15, -0.1) is 0 Å². The van der Waals surface area contributed by atoms with E-state index in [4.69, 9.17) is 0 Å². The molecule has 0 aliphatic carbocycles. The van der Waals surface area contributed by atoms with E-state index >= 15 is 0 Å². The van der Waals surface area contributed by atoms with E-state index in [1.54, 1.807) is 12.3 Å². The minimum atomic E-state index is -4.67. The van der Waals surface area contributed by atoms with Crippen molar-refractivity contribution >= 4 is 17.3 Å². The summed E-state index contributed by atoms with van der Waals surface area (Å²) in [6, 6.07) is 6.14. The minimum absolute atomic E-state index is 0.305. The van der Waals surface area contributed by atoms with Gasteiger partial charge in [-0.05, 0) is 12.1 Å². The molecular weight excluding hydrogens is 361 g/mol. The van der Waals surface area contributed by atoms with Crippen LogP contribution in [-0.4, -0.2) is 42.2 Å². The maximum atomic E-state index is 13.1. The van der Waals surface area contributed by atoms with Gasteiger partial charge in [0.25, 0.3) is 5.91 Å². The van der Waals surface area contributed by atoms with E-state index in [2.05, 4.69) is 20.5 Å². The van der Waals surface area contributed by atoms with Crippen LogP contribution in [0.2, 0.25) is 0 Å². The number of carbonyl (C=O) groups is 1. The molecule has 2 aromatic rings. The number of alkyl halides is 3. The summed E-state index contributed by atoms with van der Waals surface area (Å²) in [4.78, 5) is 18.4. The number of benzene rings is 1. The number of piperazine rings is 1. The highest BCUT2D eigenvalue weighted by molar-refractivity contribution is 5.95. The molecule has 2 heterocycles. The number of hydrogen-bond acceptors (Lipinski definition) is 5. The van der Waals surface area contributed by atoms with Gasteiger partial charge in [-0.1, -0.05) is 18.2 Å². The molecule has 0 radical (unpaired) electrons. The van der Waals surface area contributed by atoms with Crippen molar-refractivity contribution in [1.82, 2.24) is 10.3 Å². The molecule has 3 rings (SSSR count). The van der Waals surface area contributed by atoms with Crippen LogP contribution in [0.4, 0.5) is 24.5 Å². The van der Waals surface area contributed by atoms with Crippen molar-refractivity contribution in [3.63, 3.8) is 0 Å². The maximum Gasteiger partial charge on any atom is 0.416 e. The Morgan fingerprint density at radius 3 is 2.63 bits per heavy atom. The van der Waals surface area contributed by atoms with Crippen LogP contribution in [0.3, 0.4) is 0 Å². The van der Waals surface area contributed by atoms with Crippen molar-refractivity contribution in [3.05, 3.63) is 53.9 Å². The van der Waals surface area contributed by atoms with Gasteiger partial charge in [-0.3, -0.25) is 9.78 Å². The minimum Gasteiger partial charge on any atom is -0.378 e. The second kappa shape index (κ2) is 7.93. The number of halogens is 3. The zero-order valence-corrected chi connectivity index (χ0v) is 14.3. The Balaban J connectivity index is 1.76. The molecule has 1 unspecified atom stereocenters. The number of anilines is 2. The molecule has 1 aliphatic heterocycles. The molecule has 1 atom stereocenters. The fraction of sp³-hybridized carbons (Fsp3) is 0.333. The SMILES string of the molecule is O=C(Nc1cncc(N2CCNCC2)c1)C(O)c1ccccc1C(F)(F)F. The van der Waals surface area contributed by atoms with Crippen LogP contribution in [0.15, 0.2) is 42.7 Å². The van der Waals surface area contributed by atoms with Crippen LogP contribution in [0.5, 0.6) is 0 Å². The molecule has 1 fully saturated rings. The smallest absolute Gasteiger partial charge is 0.378 e. The predicted molar refractivity (Wildman–Crippen MR) is 94.4 cm³/mol. The third-order valence-corrected chi connectivity index (χ3v) is 4.28. The lowest BCUT2D eigenvalue weighted by Crippen LogP contribution is -2.43. The van der Waals surface area contributed by atoms with Crippen molar-refractivity contribution in [3.8, 4) is 0 Å². The lowest BCUT2D eigenvalue weighted by molar-refractivity contribution is -0.140. The summed E-state index contributed by atoms with van der Waals surface area (Å²) in [5, 5.41) is 15.8. The summed E-state index contributed by atoms with van der Waals surface area (Å²) in [6.45, 7) is 3.20. The van der Waals surface area contributed by atoms with Gasteiger partial charge in [0.2, 0.25) is 0 Å². The number of amides is 1. The van der Waals surface area contributed by atoms with Gasteiger partial charge in [0, 0.05) is 31.7 Å². The Bertz CT molecular complexity index is 807. The van der Waals surface area contributed by atoms with Gasteiger partial charge in [0.1, 0.15) is 0 Å². The Morgan fingerprint density at radius 1 is 1.22 bits per heavy atom. The first-order valence-corrected chi connectivity index (χ1v) is 8.42. The van der Waals surface area contributed by atoms with Crippen molar-refractivity contribution in [2.75, 3.05) is 36.4 Å². The monoisotopic (exact) mass is 380 g/mol. The zero-order valence-electron chi connectivity index (χ0n) is 14.3. The number of carbonyl (C=O) groups excluding carboxylic acids is 1. The van der Waals surface area contributed by atoms with E-state index in [0.717, 1.165) is 44.0 Å². The maximum absolute atomic E-state index is 13.1. The predicted octanol–water partition coefficient (Wildman–Crippen LogP) is 2.18. The lowest BCUT2D eigenvalue weighted by Gasteiger charge is -2.29. The average molecular weight is 380 g/mol. The molecule has 1 aromatic heterocycles. The Morgan fingerprint density at radius 2 is 1.93 bits per heavy atom. The first-order valence-electron chi connectivity index (χ1n) is 8.42. The Kier molecular flexibility index (Phi) is 5.62. The van der Waals surface area contributed by atoms with Crippen LogP contribution in [0.1, 0.15) is 17.2 Å². The molecule has 27 heavy (non-hydrogen) atoms. The largest absolute Gasteiger partial charge is 0.416 e. The number of nitrogens with one attached hydrogen (secondary N) is 2. The highest BCUT2D eigenvalue weighted by atomic mass is 19.4.